The first-order valence-corrected chi connectivity index (χ1v) is 12.0. The summed E-state index contributed by atoms with van der Waals surface area (Å²) in [6.45, 7) is 6.53. The number of nitrogens with zero attached hydrogens (tertiary/aromatic N) is 1. The Balaban J connectivity index is 1.91. The Bertz CT molecular complexity index is 1000. The second kappa shape index (κ2) is 10.2. The summed E-state index contributed by atoms with van der Waals surface area (Å²) in [5, 5.41) is 2.92. The molecule has 0 atom stereocenters. The summed E-state index contributed by atoms with van der Waals surface area (Å²) in [4.78, 5) is 12.3. The number of hydrogen-bond donors (Lipinski definition) is 1. The van der Waals surface area contributed by atoms with Crippen molar-refractivity contribution in [2.75, 3.05) is 37.4 Å². The Hall–Kier alpha value is -2.45. The van der Waals surface area contributed by atoms with Crippen LogP contribution in [0.2, 0.25) is 5.02 Å². The van der Waals surface area contributed by atoms with Gasteiger partial charge in [0.15, 0.2) is 0 Å². The molecule has 0 saturated heterocycles. The van der Waals surface area contributed by atoms with Crippen LogP contribution in [0, 0.1) is 0 Å². The minimum Gasteiger partial charge on any atom is -0.495 e. The standard InChI is InChI=1S/C22H29ClN2O5S/c1-22(2,3)16-6-9-18(10-7-16)30-13-12-24-21(26)15-25(31(5,27)28)17-8-11-20(29-4)19(23)14-17/h6-11,14H,12-13,15H2,1-5H3,(H,24,26). The van der Waals surface area contributed by atoms with E-state index in [-0.39, 0.29) is 35.8 Å². The third-order valence-corrected chi connectivity index (χ3v) is 5.96. The van der Waals surface area contributed by atoms with Gasteiger partial charge in [0.1, 0.15) is 24.7 Å². The predicted octanol–water partition coefficient (Wildman–Crippen LogP) is 3.61. The normalized spacial score (nSPS) is 11.7. The fourth-order valence-corrected chi connectivity index (χ4v) is 3.91. The molecule has 0 aliphatic rings. The van der Waals surface area contributed by atoms with Crippen molar-refractivity contribution in [3.63, 3.8) is 0 Å². The van der Waals surface area contributed by atoms with Crippen molar-refractivity contribution >= 4 is 33.2 Å². The molecule has 1 N–H and O–H groups in total. The molecule has 7 nitrogen and oxygen atoms in total. The van der Waals surface area contributed by atoms with Gasteiger partial charge in [0, 0.05) is 0 Å². The lowest BCUT2D eigenvalue weighted by Gasteiger charge is -2.22. The highest BCUT2D eigenvalue weighted by atomic mass is 35.5. The van der Waals surface area contributed by atoms with Gasteiger partial charge in [-0.05, 0) is 41.3 Å². The zero-order valence-corrected chi connectivity index (χ0v) is 20.0. The zero-order valence-electron chi connectivity index (χ0n) is 18.4. The molecule has 0 spiro atoms. The number of carbonyl (C=O) groups is 1. The van der Waals surface area contributed by atoms with Crippen molar-refractivity contribution in [1.29, 1.82) is 0 Å². The molecule has 0 aromatic heterocycles. The maximum atomic E-state index is 12.3. The number of benzene rings is 2. The first-order valence-electron chi connectivity index (χ1n) is 9.73. The van der Waals surface area contributed by atoms with Gasteiger partial charge in [0.2, 0.25) is 15.9 Å². The van der Waals surface area contributed by atoms with Crippen LogP contribution in [0.1, 0.15) is 26.3 Å². The molecule has 0 fully saturated rings. The number of nitrogens with one attached hydrogen (secondary N) is 1. The predicted molar refractivity (Wildman–Crippen MR) is 124 cm³/mol. The molecule has 170 valence electrons. The SMILES string of the molecule is COc1ccc(N(CC(=O)NCCOc2ccc(C(C)(C)C)cc2)S(C)(=O)=O)cc1Cl. The molecule has 0 radical (unpaired) electrons. The van der Waals surface area contributed by atoms with Crippen LogP contribution in [0.3, 0.4) is 0 Å². The smallest absolute Gasteiger partial charge is 0.240 e. The van der Waals surface area contributed by atoms with Crippen LogP contribution in [0.15, 0.2) is 42.5 Å². The molecule has 2 rings (SSSR count). The van der Waals surface area contributed by atoms with E-state index in [0.29, 0.717) is 11.5 Å². The Kier molecular flexibility index (Phi) is 8.20. The van der Waals surface area contributed by atoms with E-state index in [0.717, 1.165) is 10.6 Å². The summed E-state index contributed by atoms with van der Waals surface area (Å²) in [7, 11) is -2.24. The van der Waals surface area contributed by atoms with Crippen LogP contribution in [-0.4, -0.2) is 47.4 Å². The van der Waals surface area contributed by atoms with E-state index in [1.807, 2.05) is 24.3 Å². The first-order chi connectivity index (χ1) is 14.4. The van der Waals surface area contributed by atoms with Crippen molar-refractivity contribution < 1.29 is 22.7 Å². The third-order valence-electron chi connectivity index (χ3n) is 4.52. The Morgan fingerprint density at radius 3 is 2.29 bits per heavy atom. The van der Waals surface area contributed by atoms with Crippen LogP contribution in [0.4, 0.5) is 5.69 Å². The fourth-order valence-electron chi connectivity index (χ4n) is 2.81. The summed E-state index contributed by atoms with van der Waals surface area (Å²) in [6, 6.07) is 12.3. The largest absolute Gasteiger partial charge is 0.495 e. The van der Waals surface area contributed by atoms with Crippen LogP contribution in [0.25, 0.3) is 0 Å². The minimum absolute atomic E-state index is 0.0616. The second-order valence-corrected chi connectivity index (χ2v) is 10.4. The van der Waals surface area contributed by atoms with Crippen LogP contribution >= 0.6 is 11.6 Å². The van der Waals surface area contributed by atoms with E-state index in [9.17, 15) is 13.2 Å². The maximum absolute atomic E-state index is 12.3. The average Bonchev–Trinajstić information content (AvgIpc) is 2.68. The van der Waals surface area contributed by atoms with E-state index in [1.54, 1.807) is 6.07 Å². The quantitative estimate of drug-likeness (QED) is 0.568. The molecule has 0 heterocycles. The number of rotatable bonds is 9. The maximum Gasteiger partial charge on any atom is 0.240 e. The first kappa shape index (κ1) is 24.8. The molecular weight excluding hydrogens is 440 g/mol. The van der Waals surface area contributed by atoms with Gasteiger partial charge in [-0.3, -0.25) is 9.10 Å². The van der Waals surface area contributed by atoms with Crippen molar-refractivity contribution in [3.05, 3.63) is 53.1 Å². The van der Waals surface area contributed by atoms with E-state index in [4.69, 9.17) is 21.1 Å². The molecule has 0 aliphatic heterocycles. The monoisotopic (exact) mass is 468 g/mol. The average molecular weight is 469 g/mol. The topological polar surface area (TPSA) is 84.9 Å². The Labute approximate surface area is 189 Å². The van der Waals surface area contributed by atoms with Gasteiger partial charge in [-0.25, -0.2) is 8.42 Å². The fraction of sp³-hybridized carbons (Fsp3) is 0.409. The van der Waals surface area contributed by atoms with Gasteiger partial charge >= 0.3 is 0 Å². The summed E-state index contributed by atoms with van der Waals surface area (Å²) >= 11 is 6.09. The van der Waals surface area contributed by atoms with E-state index in [2.05, 4.69) is 26.1 Å². The zero-order chi connectivity index (χ0) is 23.2. The van der Waals surface area contributed by atoms with Crippen LogP contribution in [-0.2, 0) is 20.2 Å². The molecule has 0 unspecified atom stereocenters. The number of anilines is 1. The third kappa shape index (κ3) is 7.33. The van der Waals surface area contributed by atoms with Gasteiger partial charge in [-0.1, -0.05) is 44.5 Å². The van der Waals surface area contributed by atoms with Gasteiger partial charge < -0.3 is 14.8 Å². The van der Waals surface area contributed by atoms with Crippen LogP contribution < -0.4 is 19.1 Å². The highest BCUT2D eigenvalue weighted by molar-refractivity contribution is 7.92. The van der Waals surface area contributed by atoms with E-state index < -0.39 is 15.9 Å². The number of methoxy groups -OCH3 is 1. The van der Waals surface area contributed by atoms with Crippen molar-refractivity contribution in [3.8, 4) is 11.5 Å². The molecule has 0 aliphatic carbocycles. The highest BCUT2D eigenvalue weighted by Crippen LogP contribution is 2.30. The summed E-state index contributed by atoms with van der Waals surface area (Å²) in [5.41, 5.74) is 1.54. The summed E-state index contributed by atoms with van der Waals surface area (Å²) < 4.78 is 36.1. The number of hydrogen-bond acceptors (Lipinski definition) is 5. The molecule has 31 heavy (non-hydrogen) atoms. The van der Waals surface area contributed by atoms with Crippen molar-refractivity contribution in [1.82, 2.24) is 5.32 Å². The number of halogens is 1. The highest BCUT2D eigenvalue weighted by Gasteiger charge is 2.21. The molecule has 2 aromatic carbocycles. The lowest BCUT2D eigenvalue weighted by Crippen LogP contribution is -2.41. The number of sulfonamides is 1. The lowest BCUT2D eigenvalue weighted by atomic mass is 9.87. The van der Waals surface area contributed by atoms with Gasteiger partial charge in [-0.15, -0.1) is 0 Å². The lowest BCUT2D eigenvalue weighted by molar-refractivity contribution is -0.119. The molecule has 1 amide bonds. The van der Waals surface area contributed by atoms with Gasteiger partial charge in [0.05, 0.1) is 30.6 Å². The van der Waals surface area contributed by atoms with E-state index >= 15 is 0 Å². The molecule has 0 bridgehead atoms. The minimum atomic E-state index is -3.70. The van der Waals surface area contributed by atoms with Crippen molar-refractivity contribution in [2.45, 2.75) is 26.2 Å². The summed E-state index contributed by atoms with van der Waals surface area (Å²) in [5.74, 6) is 0.660. The molecular formula is C22H29ClN2O5S. The second-order valence-electron chi connectivity index (χ2n) is 8.06. The molecule has 9 heteroatoms. The number of amides is 1. The number of ether oxygens (including phenoxy) is 2. The van der Waals surface area contributed by atoms with Gasteiger partial charge in [-0.2, -0.15) is 0 Å². The van der Waals surface area contributed by atoms with Gasteiger partial charge in [0.25, 0.3) is 0 Å². The Morgan fingerprint density at radius 1 is 1.13 bits per heavy atom. The Morgan fingerprint density at radius 2 is 1.77 bits per heavy atom. The number of carbonyl (C=O) groups excluding carboxylic acids is 1. The summed E-state index contributed by atoms with van der Waals surface area (Å²) in [6.07, 6.45) is 1.03. The molecule has 2 aromatic rings. The van der Waals surface area contributed by atoms with Crippen molar-refractivity contribution in [2.24, 2.45) is 0 Å². The molecule has 0 saturated carbocycles. The van der Waals surface area contributed by atoms with Crippen LogP contribution in [0.5, 0.6) is 11.5 Å². The van der Waals surface area contributed by atoms with E-state index in [1.165, 1.54) is 24.8 Å².